The molecule has 4 rings (SSSR count). The lowest BCUT2D eigenvalue weighted by Crippen LogP contribution is -2.26. The zero-order valence-corrected chi connectivity index (χ0v) is 11.7. The highest BCUT2D eigenvalue weighted by atomic mass is 16.3. The molecule has 3 aromatic carbocycles. The van der Waals surface area contributed by atoms with E-state index in [1.807, 2.05) is 6.92 Å². The number of aliphatic hydroxyl groups is 1. The Morgan fingerprint density at radius 1 is 0.950 bits per heavy atom. The molecule has 0 bridgehead atoms. The lowest BCUT2D eigenvalue weighted by molar-refractivity contribution is 0.0390. The van der Waals surface area contributed by atoms with Crippen molar-refractivity contribution in [1.82, 2.24) is 0 Å². The fourth-order valence-electron chi connectivity index (χ4n) is 3.59. The van der Waals surface area contributed by atoms with Gasteiger partial charge in [-0.2, -0.15) is 0 Å². The second-order valence-corrected chi connectivity index (χ2v) is 6.14. The van der Waals surface area contributed by atoms with E-state index in [1.165, 1.54) is 27.1 Å². The molecule has 1 aliphatic carbocycles. The third kappa shape index (κ3) is 1.66. The molecule has 0 saturated carbocycles. The average Bonchev–Trinajstić information content (AvgIpc) is 2.44. The summed E-state index contributed by atoms with van der Waals surface area (Å²) in [5.41, 5.74) is 1.78. The third-order valence-electron chi connectivity index (χ3n) is 4.67. The Hall–Kier alpha value is -1.86. The maximum atomic E-state index is 10.6. The van der Waals surface area contributed by atoms with Crippen molar-refractivity contribution in [3.8, 4) is 0 Å². The highest BCUT2D eigenvalue weighted by molar-refractivity contribution is 6.00. The van der Waals surface area contributed by atoms with Gasteiger partial charge in [-0.05, 0) is 71.0 Å². The van der Waals surface area contributed by atoms with E-state index in [-0.39, 0.29) is 0 Å². The zero-order valence-electron chi connectivity index (χ0n) is 11.7. The normalized spacial score (nSPS) is 22.1. The Labute approximate surface area is 118 Å². The topological polar surface area (TPSA) is 20.2 Å². The summed E-state index contributed by atoms with van der Waals surface area (Å²) in [5, 5.41) is 15.7. The van der Waals surface area contributed by atoms with E-state index in [9.17, 15) is 5.11 Å². The molecule has 0 aliphatic heterocycles. The second kappa shape index (κ2) is 4.07. The number of fused-ring (bicyclic) bond motifs is 4. The maximum absolute atomic E-state index is 10.6. The van der Waals surface area contributed by atoms with Gasteiger partial charge in [0.1, 0.15) is 0 Å². The van der Waals surface area contributed by atoms with Crippen LogP contribution in [0.2, 0.25) is 0 Å². The van der Waals surface area contributed by atoms with Gasteiger partial charge in [0.25, 0.3) is 0 Å². The summed E-state index contributed by atoms with van der Waals surface area (Å²) in [5.74, 6) is 0. The summed E-state index contributed by atoms with van der Waals surface area (Å²) in [4.78, 5) is 0. The minimum Gasteiger partial charge on any atom is -0.385 e. The number of hydrogen-bond acceptors (Lipinski definition) is 1. The third-order valence-corrected chi connectivity index (χ3v) is 4.67. The van der Waals surface area contributed by atoms with Crippen LogP contribution in [0.25, 0.3) is 21.5 Å². The van der Waals surface area contributed by atoms with Crippen LogP contribution in [-0.4, -0.2) is 5.11 Å². The van der Waals surface area contributed by atoms with E-state index >= 15 is 0 Å². The van der Waals surface area contributed by atoms with Crippen LogP contribution in [0.1, 0.15) is 30.9 Å². The van der Waals surface area contributed by atoms with Crippen molar-refractivity contribution in [3.63, 3.8) is 0 Å². The fraction of sp³-hybridized carbons (Fsp3) is 0.263. The van der Waals surface area contributed by atoms with Gasteiger partial charge in [0.2, 0.25) is 0 Å². The minimum atomic E-state index is -0.673. The number of aryl methyl sites for hydroxylation is 1. The van der Waals surface area contributed by atoms with Crippen molar-refractivity contribution in [1.29, 1.82) is 0 Å². The standard InChI is InChI=1S/C19H18O/c1-19(20)10-4-7-16-17-12-14-6-3-2-5-13(14)11-15(17)8-9-18(16)19/h2-3,5-6,8-9,11-12,20H,4,7,10H2,1H3. The molecule has 20 heavy (non-hydrogen) atoms. The Bertz CT molecular complexity index is 814. The smallest absolute Gasteiger partial charge is 0.0871 e. The monoisotopic (exact) mass is 262 g/mol. The van der Waals surface area contributed by atoms with Crippen molar-refractivity contribution in [2.24, 2.45) is 0 Å². The zero-order chi connectivity index (χ0) is 13.7. The van der Waals surface area contributed by atoms with Crippen LogP contribution in [0, 0.1) is 0 Å². The van der Waals surface area contributed by atoms with Gasteiger partial charge in [0.15, 0.2) is 0 Å². The number of benzene rings is 3. The molecule has 3 aromatic rings. The molecule has 0 saturated heterocycles. The van der Waals surface area contributed by atoms with Gasteiger partial charge in [-0.3, -0.25) is 0 Å². The van der Waals surface area contributed by atoms with Gasteiger partial charge in [0, 0.05) is 0 Å². The van der Waals surface area contributed by atoms with E-state index in [4.69, 9.17) is 0 Å². The van der Waals surface area contributed by atoms with Crippen LogP contribution in [0.4, 0.5) is 0 Å². The Morgan fingerprint density at radius 3 is 2.50 bits per heavy atom. The Kier molecular flexibility index (Phi) is 2.42. The molecule has 1 atom stereocenters. The van der Waals surface area contributed by atoms with E-state index in [0.29, 0.717) is 0 Å². The number of hydrogen-bond donors (Lipinski definition) is 1. The molecule has 1 unspecified atom stereocenters. The van der Waals surface area contributed by atoms with Gasteiger partial charge >= 0.3 is 0 Å². The molecule has 0 aromatic heterocycles. The molecular formula is C19H18O. The van der Waals surface area contributed by atoms with Crippen molar-refractivity contribution in [2.75, 3.05) is 0 Å². The van der Waals surface area contributed by atoms with E-state index in [2.05, 4.69) is 48.5 Å². The van der Waals surface area contributed by atoms with Crippen LogP contribution in [-0.2, 0) is 12.0 Å². The van der Waals surface area contributed by atoms with E-state index in [0.717, 1.165) is 24.8 Å². The van der Waals surface area contributed by atoms with Gasteiger partial charge in [0.05, 0.1) is 5.60 Å². The van der Waals surface area contributed by atoms with Crippen molar-refractivity contribution in [2.45, 2.75) is 31.8 Å². The van der Waals surface area contributed by atoms with E-state index in [1.54, 1.807) is 0 Å². The second-order valence-electron chi connectivity index (χ2n) is 6.14. The molecule has 1 N–H and O–H groups in total. The molecule has 1 nitrogen and oxygen atoms in total. The molecule has 0 heterocycles. The van der Waals surface area contributed by atoms with Crippen LogP contribution >= 0.6 is 0 Å². The van der Waals surface area contributed by atoms with Gasteiger partial charge < -0.3 is 5.11 Å². The summed E-state index contributed by atoms with van der Waals surface area (Å²) in [6.45, 7) is 1.94. The van der Waals surface area contributed by atoms with Gasteiger partial charge in [-0.1, -0.05) is 36.4 Å². The minimum absolute atomic E-state index is 0.673. The van der Waals surface area contributed by atoms with E-state index < -0.39 is 5.60 Å². The summed E-state index contributed by atoms with van der Waals surface area (Å²) in [6.07, 6.45) is 2.99. The predicted octanol–water partition coefficient (Wildman–Crippen LogP) is 4.54. The fourth-order valence-corrected chi connectivity index (χ4v) is 3.59. The van der Waals surface area contributed by atoms with Crippen molar-refractivity contribution < 1.29 is 5.11 Å². The van der Waals surface area contributed by atoms with Crippen LogP contribution in [0.15, 0.2) is 48.5 Å². The first-order chi connectivity index (χ1) is 9.65. The quantitative estimate of drug-likeness (QED) is 0.590. The first kappa shape index (κ1) is 11.9. The summed E-state index contributed by atoms with van der Waals surface area (Å²) in [7, 11) is 0. The Morgan fingerprint density at radius 2 is 1.70 bits per heavy atom. The molecule has 0 fully saturated rings. The average molecular weight is 262 g/mol. The summed E-state index contributed by atoms with van der Waals surface area (Å²) in [6, 6.07) is 17.3. The summed E-state index contributed by atoms with van der Waals surface area (Å²) < 4.78 is 0. The van der Waals surface area contributed by atoms with Crippen LogP contribution in [0.5, 0.6) is 0 Å². The first-order valence-corrected chi connectivity index (χ1v) is 7.32. The summed E-state index contributed by atoms with van der Waals surface area (Å²) >= 11 is 0. The number of rotatable bonds is 0. The van der Waals surface area contributed by atoms with Gasteiger partial charge in [-0.25, -0.2) is 0 Å². The largest absolute Gasteiger partial charge is 0.385 e. The molecule has 0 amide bonds. The van der Waals surface area contributed by atoms with Crippen LogP contribution < -0.4 is 0 Å². The molecule has 1 aliphatic rings. The van der Waals surface area contributed by atoms with Crippen molar-refractivity contribution in [3.05, 3.63) is 59.7 Å². The van der Waals surface area contributed by atoms with Crippen LogP contribution in [0.3, 0.4) is 0 Å². The molecule has 0 radical (unpaired) electrons. The SMILES string of the molecule is CC1(O)CCCc2c1ccc1cc3ccccc3cc21. The molecule has 100 valence electrons. The highest BCUT2D eigenvalue weighted by Crippen LogP contribution is 2.39. The molecule has 1 heteroatoms. The van der Waals surface area contributed by atoms with Crippen molar-refractivity contribution >= 4 is 21.5 Å². The van der Waals surface area contributed by atoms with Gasteiger partial charge in [-0.15, -0.1) is 0 Å². The predicted molar refractivity (Wildman–Crippen MR) is 84.0 cm³/mol. The maximum Gasteiger partial charge on any atom is 0.0871 e. The molecular weight excluding hydrogens is 244 g/mol. The first-order valence-electron chi connectivity index (χ1n) is 7.32. The Balaban J connectivity index is 2.10. The molecule has 0 spiro atoms. The lowest BCUT2D eigenvalue weighted by Gasteiger charge is -2.32. The lowest BCUT2D eigenvalue weighted by atomic mass is 9.78. The highest BCUT2D eigenvalue weighted by Gasteiger charge is 2.30.